The van der Waals surface area contributed by atoms with Gasteiger partial charge in [0.2, 0.25) is 5.72 Å². The van der Waals surface area contributed by atoms with Crippen molar-refractivity contribution in [1.82, 2.24) is 0 Å². The molecule has 0 aliphatic carbocycles. The molecule has 0 rings (SSSR count). The fourth-order valence-electron chi connectivity index (χ4n) is 1.33. The lowest BCUT2D eigenvalue weighted by Crippen LogP contribution is -2.31. The molecule has 0 spiro atoms. The van der Waals surface area contributed by atoms with Gasteiger partial charge in [-0.25, -0.2) is 10.1 Å². The Balaban J connectivity index is 4.66. The minimum Gasteiger partial charge on any atom is -0.249 e. The van der Waals surface area contributed by atoms with E-state index in [0.717, 1.165) is 0 Å². The fourth-order valence-corrected chi connectivity index (χ4v) is 1.33. The van der Waals surface area contributed by atoms with Crippen LogP contribution in [0.5, 0.6) is 0 Å². The molecule has 0 aromatic carbocycles. The number of nitrogens with zero attached hydrogens (tertiary/aromatic N) is 2. The molecule has 0 aliphatic heterocycles. The van der Waals surface area contributed by atoms with E-state index in [1.165, 1.54) is 0 Å². The van der Waals surface area contributed by atoms with Crippen LogP contribution in [-0.2, 0) is 4.89 Å². The topological polar surface area (TPSA) is 54.2 Å². The number of hydrogen-bond donors (Lipinski definition) is 1. The molecule has 4 heteroatoms. The lowest BCUT2D eigenvalue weighted by molar-refractivity contribution is -0.323. The third-order valence-corrected chi connectivity index (χ3v) is 1.62. The van der Waals surface area contributed by atoms with E-state index in [4.69, 9.17) is 5.26 Å². The minimum atomic E-state index is -0.953. The van der Waals surface area contributed by atoms with Gasteiger partial charge in [0.15, 0.2) is 0 Å². The Morgan fingerprint density at radius 2 is 1.40 bits per heavy atom. The molecule has 0 heterocycles. The molecule has 1 N–H and O–H groups in total. The van der Waals surface area contributed by atoms with Gasteiger partial charge in [-0.2, -0.15) is 10.2 Å². The first-order chi connectivity index (χ1) is 6.47. The smallest absolute Gasteiger partial charge is 0.209 e. The molecule has 0 aliphatic rings. The van der Waals surface area contributed by atoms with Crippen molar-refractivity contribution in [2.75, 3.05) is 0 Å². The molecule has 1 unspecified atom stereocenters. The van der Waals surface area contributed by atoms with Crippen LogP contribution in [0.25, 0.3) is 0 Å². The molecule has 0 aromatic heterocycles. The van der Waals surface area contributed by atoms with Crippen LogP contribution in [0.4, 0.5) is 0 Å². The summed E-state index contributed by atoms with van der Waals surface area (Å²) < 4.78 is 0. The van der Waals surface area contributed by atoms with Gasteiger partial charge in [-0.05, 0) is 33.1 Å². The van der Waals surface area contributed by atoms with E-state index in [1.807, 2.05) is 20.8 Å². The highest BCUT2D eigenvalue weighted by molar-refractivity contribution is 4.79. The van der Waals surface area contributed by atoms with Crippen molar-refractivity contribution < 1.29 is 10.1 Å². The fraction of sp³-hybridized carbons (Fsp3) is 1.00. The summed E-state index contributed by atoms with van der Waals surface area (Å²) in [6.07, 6.45) is 0.607. The minimum absolute atomic E-state index is 0.0222. The Morgan fingerprint density at radius 1 is 0.933 bits per heavy atom. The second kappa shape index (κ2) is 4.58. The van der Waals surface area contributed by atoms with Crippen LogP contribution in [0.15, 0.2) is 10.2 Å². The van der Waals surface area contributed by atoms with E-state index in [1.54, 1.807) is 6.92 Å². The quantitative estimate of drug-likeness (QED) is 0.442. The van der Waals surface area contributed by atoms with E-state index >= 15 is 0 Å². The second-order valence-corrected chi connectivity index (χ2v) is 6.37. The van der Waals surface area contributed by atoms with Crippen LogP contribution in [0.3, 0.4) is 0 Å². The van der Waals surface area contributed by atoms with Gasteiger partial charge >= 0.3 is 0 Å². The van der Waals surface area contributed by atoms with Crippen LogP contribution >= 0.6 is 0 Å². The Hall–Kier alpha value is -0.480. The van der Waals surface area contributed by atoms with Gasteiger partial charge in [0, 0.05) is 6.42 Å². The van der Waals surface area contributed by atoms with Gasteiger partial charge in [-0.1, -0.05) is 20.8 Å². The summed E-state index contributed by atoms with van der Waals surface area (Å²) in [7, 11) is 0. The van der Waals surface area contributed by atoms with Gasteiger partial charge < -0.3 is 0 Å². The molecule has 0 saturated carbocycles. The first-order valence-electron chi connectivity index (χ1n) is 5.24. The summed E-state index contributed by atoms with van der Waals surface area (Å²) in [6.45, 7) is 13.8. The van der Waals surface area contributed by atoms with E-state index < -0.39 is 5.72 Å². The molecule has 1 atom stereocenters. The van der Waals surface area contributed by atoms with Gasteiger partial charge in [-0.15, -0.1) is 0 Å². The summed E-state index contributed by atoms with van der Waals surface area (Å²) >= 11 is 0. The summed E-state index contributed by atoms with van der Waals surface area (Å²) in [5.41, 5.74) is -1.18. The first-order valence-corrected chi connectivity index (χ1v) is 5.24. The normalized spacial score (nSPS) is 18.1. The van der Waals surface area contributed by atoms with Crippen molar-refractivity contribution in [1.29, 1.82) is 0 Å². The Labute approximate surface area is 92.7 Å². The van der Waals surface area contributed by atoms with Crippen molar-refractivity contribution in [3.63, 3.8) is 0 Å². The summed E-state index contributed by atoms with van der Waals surface area (Å²) in [5.74, 6) is 0. The van der Waals surface area contributed by atoms with Crippen molar-refractivity contribution in [3.05, 3.63) is 0 Å². The second-order valence-electron chi connectivity index (χ2n) is 6.37. The van der Waals surface area contributed by atoms with E-state index in [-0.39, 0.29) is 11.0 Å². The third kappa shape index (κ3) is 7.45. The van der Waals surface area contributed by atoms with E-state index in [9.17, 15) is 0 Å². The Kier molecular flexibility index (Phi) is 4.43. The van der Waals surface area contributed by atoms with Crippen molar-refractivity contribution in [3.8, 4) is 0 Å². The van der Waals surface area contributed by atoms with Crippen molar-refractivity contribution >= 4 is 0 Å². The molecule has 0 radical (unpaired) electrons. The zero-order valence-corrected chi connectivity index (χ0v) is 11.0. The molecule has 0 bridgehead atoms. The maximum absolute atomic E-state index is 8.89. The summed E-state index contributed by atoms with van der Waals surface area (Å²) in [4.78, 5) is 4.45. The maximum atomic E-state index is 8.89. The molecular formula is C11H24N2O2. The number of azo groups is 1. The average molecular weight is 216 g/mol. The summed E-state index contributed by atoms with van der Waals surface area (Å²) in [6, 6.07) is 0. The first kappa shape index (κ1) is 14.5. The molecule has 0 fully saturated rings. The molecule has 15 heavy (non-hydrogen) atoms. The van der Waals surface area contributed by atoms with Crippen molar-refractivity contribution in [2.45, 2.75) is 66.2 Å². The Morgan fingerprint density at radius 3 is 1.67 bits per heavy atom. The van der Waals surface area contributed by atoms with E-state index in [0.29, 0.717) is 6.42 Å². The van der Waals surface area contributed by atoms with E-state index in [2.05, 4.69) is 35.9 Å². The highest BCUT2D eigenvalue weighted by Crippen LogP contribution is 2.31. The van der Waals surface area contributed by atoms with Gasteiger partial charge in [0.1, 0.15) is 0 Å². The van der Waals surface area contributed by atoms with Gasteiger partial charge in [-0.3, -0.25) is 0 Å². The molecule has 0 amide bonds. The zero-order valence-electron chi connectivity index (χ0n) is 11.0. The molecule has 90 valence electrons. The largest absolute Gasteiger partial charge is 0.249 e. The molecule has 0 saturated heterocycles. The van der Waals surface area contributed by atoms with Crippen LogP contribution < -0.4 is 0 Å². The monoisotopic (exact) mass is 216 g/mol. The SMILES string of the molecule is CC(C)(C)CC(C)(N=NC(C)(C)C)OO. The molecular weight excluding hydrogens is 192 g/mol. The Bertz CT molecular complexity index is 226. The highest BCUT2D eigenvalue weighted by atomic mass is 17.1. The highest BCUT2D eigenvalue weighted by Gasteiger charge is 2.32. The number of rotatable bonds is 3. The predicted molar refractivity (Wildman–Crippen MR) is 60.8 cm³/mol. The van der Waals surface area contributed by atoms with Gasteiger partial charge in [0.05, 0.1) is 5.54 Å². The lowest BCUT2D eigenvalue weighted by atomic mass is 9.87. The standard InChI is InChI=1S/C11H24N2O2/c1-9(2,3)8-11(7,15-14)13-12-10(4,5)6/h14H,8H2,1-7H3. The van der Waals surface area contributed by atoms with Crippen LogP contribution in [0, 0.1) is 5.41 Å². The number of hydrogen-bond acceptors (Lipinski definition) is 4. The predicted octanol–water partition coefficient (Wildman–Crippen LogP) is 3.88. The zero-order chi connectivity index (χ0) is 12.3. The maximum Gasteiger partial charge on any atom is 0.209 e. The van der Waals surface area contributed by atoms with Gasteiger partial charge in [0.25, 0.3) is 0 Å². The van der Waals surface area contributed by atoms with Crippen LogP contribution in [-0.4, -0.2) is 16.5 Å². The average Bonchev–Trinajstić information content (AvgIpc) is 1.97. The van der Waals surface area contributed by atoms with Crippen molar-refractivity contribution in [2.24, 2.45) is 15.6 Å². The van der Waals surface area contributed by atoms with Crippen LogP contribution in [0.2, 0.25) is 0 Å². The van der Waals surface area contributed by atoms with Crippen LogP contribution in [0.1, 0.15) is 54.9 Å². The lowest BCUT2D eigenvalue weighted by Gasteiger charge is -2.29. The third-order valence-electron chi connectivity index (χ3n) is 1.62. The summed E-state index contributed by atoms with van der Waals surface area (Å²) in [5, 5.41) is 17.1. The molecule has 4 nitrogen and oxygen atoms in total. The molecule has 0 aromatic rings.